The van der Waals surface area contributed by atoms with Crippen molar-refractivity contribution in [1.82, 2.24) is 29.9 Å². The fraction of sp³-hybridized carbons (Fsp3) is 0.250. The van der Waals surface area contributed by atoms with E-state index in [1.54, 1.807) is 49.0 Å². The number of nitrogens with zero attached hydrogens (tertiary/aromatic N) is 5. The summed E-state index contributed by atoms with van der Waals surface area (Å²) in [7, 11) is 1.74. The fourth-order valence-corrected chi connectivity index (χ4v) is 2.79. The van der Waals surface area contributed by atoms with E-state index >= 15 is 0 Å². The third kappa shape index (κ3) is 4.57. The van der Waals surface area contributed by atoms with Crippen molar-refractivity contribution in [1.29, 1.82) is 0 Å². The van der Waals surface area contributed by atoms with Gasteiger partial charge in [0.2, 0.25) is 11.4 Å². The number of halogens is 1. The summed E-state index contributed by atoms with van der Waals surface area (Å²) in [4.78, 5) is 18.4. The van der Waals surface area contributed by atoms with Crippen LogP contribution in [0.1, 0.15) is 32.7 Å². The largest absolute Gasteiger partial charge is 0.452 e. The summed E-state index contributed by atoms with van der Waals surface area (Å²) in [6.45, 7) is 5.77. The summed E-state index contributed by atoms with van der Waals surface area (Å²) in [6, 6.07) is 10.6. The second-order valence-corrected chi connectivity index (χ2v) is 6.47. The Kier molecular flexibility index (Phi) is 6.63. The Labute approximate surface area is 177 Å². The van der Waals surface area contributed by atoms with Crippen molar-refractivity contribution < 1.29 is 9.26 Å². The molecule has 30 heavy (non-hydrogen) atoms. The molecule has 4 aromatic rings. The number of hydrogen-bond donors (Lipinski definition) is 1. The van der Waals surface area contributed by atoms with E-state index in [2.05, 4.69) is 25.3 Å². The molecule has 10 heteroatoms. The van der Waals surface area contributed by atoms with Crippen LogP contribution < -0.4 is 10.3 Å². The van der Waals surface area contributed by atoms with Crippen LogP contribution in [0.4, 0.5) is 0 Å². The smallest absolute Gasteiger partial charge is 0.317 e. The van der Waals surface area contributed by atoms with E-state index in [-0.39, 0.29) is 11.6 Å². The maximum absolute atomic E-state index is 11.5. The van der Waals surface area contributed by atoms with Gasteiger partial charge < -0.3 is 14.2 Å². The van der Waals surface area contributed by atoms with E-state index in [0.29, 0.717) is 33.7 Å². The van der Waals surface area contributed by atoms with E-state index < -0.39 is 6.10 Å². The maximum Gasteiger partial charge on any atom is 0.317 e. The first-order valence-corrected chi connectivity index (χ1v) is 9.74. The maximum atomic E-state index is 11.5. The number of benzene rings is 1. The van der Waals surface area contributed by atoms with Gasteiger partial charge >= 0.3 is 6.01 Å². The van der Waals surface area contributed by atoms with Crippen LogP contribution in [0.2, 0.25) is 5.02 Å². The SMILES string of the molecule is CC.CC(Oc1nnc(-c2cc[nH]c(=O)c2)n1C)c1noc(-c2cccc(Cl)c2)n1. The molecule has 0 aliphatic carbocycles. The van der Waals surface area contributed by atoms with Crippen molar-refractivity contribution in [2.24, 2.45) is 7.05 Å². The van der Waals surface area contributed by atoms with Gasteiger partial charge in [-0.25, -0.2) is 0 Å². The predicted octanol–water partition coefficient (Wildman–Crippen LogP) is 4.04. The molecule has 3 aromatic heterocycles. The lowest BCUT2D eigenvalue weighted by Crippen LogP contribution is -2.09. The summed E-state index contributed by atoms with van der Waals surface area (Å²) >= 11 is 6.00. The molecule has 0 amide bonds. The van der Waals surface area contributed by atoms with Crippen molar-refractivity contribution in [2.75, 3.05) is 0 Å². The normalized spacial score (nSPS) is 11.5. The quantitative estimate of drug-likeness (QED) is 0.510. The molecule has 0 bridgehead atoms. The zero-order valence-corrected chi connectivity index (χ0v) is 17.7. The third-order valence-corrected chi connectivity index (χ3v) is 4.26. The number of ether oxygens (including phenoxy) is 1. The van der Waals surface area contributed by atoms with Crippen molar-refractivity contribution >= 4 is 11.6 Å². The first kappa shape index (κ1) is 21.3. The lowest BCUT2D eigenvalue weighted by molar-refractivity contribution is 0.186. The van der Waals surface area contributed by atoms with Gasteiger partial charge in [0.25, 0.3) is 5.89 Å². The number of aromatic nitrogens is 6. The second-order valence-electron chi connectivity index (χ2n) is 6.03. The van der Waals surface area contributed by atoms with Gasteiger partial charge in [-0.2, -0.15) is 4.98 Å². The van der Waals surface area contributed by atoms with Crippen LogP contribution in [0.5, 0.6) is 6.01 Å². The van der Waals surface area contributed by atoms with Crippen LogP contribution >= 0.6 is 11.6 Å². The summed E-state index contributed by atoms with van der Waals surface area (Å²) in [5.74, 6) is 1.20. The Morgan fingerprint density at radius 3 is 2.70 bits per heavy atom. The van der Waals surface area contributed by atoms with Crippen LogP contribution in [0, 0.1) is 0 Å². The number of pyridine rings is 1. The third-order valence-electron chi connectivity index (χ3n) is 4.03. The van der Waals surface area contributed by atoms with Crippen LogP contribution in [-0.2, 0) is 7.05 Å². The van der Waals surface area contributed by atoms with E-state index in [4.69, 9.17) is 20.9 Å². The lowest BCUT2D eigenvalue weighted by atomic mass is 10.2. The molecule has 1 unspecified atom stereocenters. The highest BCUT2D eigenvalue weighted by Gasteiger charge is 2.20. The van der Waals surface area contributed by atoms with Gasteiger partial charge in [0.15, 0.2) is 11.9 Å². The number of H-pyrrole nitrogens is 1. The average Bonchev–Trinajstić information content (AvgIpc) is 3.37. The molecule has 1 aromatic carbocycles. The van der Waals surface area contributed by atoms with E-state index in [0.717, 1.165) is 0 Å². The van der Waals surface area contributed by atoms with Crippen molar-refractivity contribution in [3.63, 3.8) is 0 Å². The number of aromatic amines is 1. The lowest BCUT2D eigenvalue weighted by Gasteiger charge is -2.10. The highest BCUT2D eigenvalue weighted by molar-refractivity contribution is 6.30. The minimum absolute atomic E-state index is 0.225. The Morgan fingerprint density at radius 2 is 1.97 bits per heavy atom. The second kappa shape index (κ2) is 9.36. The molecule has 0 radical (unpaired) electrons. The van der Waals surface area contributed by atoms with E-state index in [1.807, 2.05) is 19.9 Å². The van der Waals surface area contributed by atoms with Crippen molar-refractivity contribution in [3.8, 4) is 28.9 Å². The first-order valence-electron chi connectivity index (χ1n) is 9.36. The molecular formula is C20H21ClN6O3. The zero-order valence-electron chi connectivity index (χ0n) is 17.0. The van der Waals surface area contributed by atoms with Gasteiger partial charge in [-0.15, -0.1) is 5.10 Å². The van der Waals surface area contributed by atoms with Gasteiger partial charge in [0.05, 0.1) is 0 Å². The molecule has 0 saturated carbocycles. The Hall–Kier alpha value is -3.46. The molecule has 9 nitrogen and oxygen atoms in total. The standard InChI is InChI=1S/C18H15ClN6O3.C2H6/c1-10(15-21-17(28-24-15)12-4-3-5-13(19)8-12)27-18-23-22-16(25(18)2)11-6-7-20-14(26)9-11;1-2/h3-10H,1-2H3,(H,20,26);1-2H3. The molecular weight excluding hydrogens is 408 g/mol. The Bertz CT molecular complexity index is 1180. The predicted molar refractivity (Wildman–Crippen MR) is 112 cm³/mol. The van der Waals surface area contributed by atoms with Crippen LogP contribution in [0.15, 0.2) is 51.9 Å². The molecule has 3 heterocycles. The number of nitrogens with one attached hydrogen (secondary N) is 1. The van der Waals surface area contributed by atoms with Gasteiger partial charge in [0.1, 0.15) is 0 Å². The molecule has 1 N–H and O–H groups in total. The molecule has 0 aliphatic rings. The molecule has 0 spiro atoms. The van der Waals surface area contributed by atoms with Crippen LogP contribution in [0.25, 0.3) is 22.8 Å². The zero-order chi connectivity index (χ0) is 21.7. The number of hydrogen-bond acceptors (Lipinski definition) is 7. The molecule has 4 rings (SSSR count). The first-order chi connectivity index (χ1) is 14.5. The Balaban J connectivity index is 0.00000124. The van der Waals surface area contributed by atoms with Crippen LogP contribution in [0.3, 0.4) is 0 Å². The molecule has 0 aliphatic heterocycles. The summed E-state index contributed by atoms with van der Waals surface area (Å²) < 4.78 is 12.8. The van der Waals surface area contributed by atoms with Crippen molar-refractivity contribution in [2.45, 2.75) is 26.9 Å². The van der Waals surface area contributed by atoms with Gasteiger partial charge in [-0.05, 0) is 31.2 Å². The van der Waals surface area contributed by atoms with Gasteiger partial charge in [0, 0.05) is 35.5 Å². The molecule has 1 atom stereocenters. The Morgan fingerprint density at radius 1 is 1.17 bits per heavy atom. The topological polar surface area (TPSA) is 112 Å². The monoisotopic (exact) mass is 428 g/mol. The molecule has 0 fully saturated rings. The average molecular weight is 429 g/mol. The number of rotatable bonds is 5. The molecule has 0 saturated heterocycles. The van der Waals surface area contributed by atoms with Crippen LogP contribution in [-0.4, -0.2) is 29.9 Å². The van der Waals surface area contributed by atoms with E-state index in [1.165, 1.54) is 6.07 Å². The fourth-order valence-electron chi connectivity index (χ4n) is 2.60. The van der Waals surface area contributed by atoms with Crippen molar-refractivity contribution in [3.05, 3.63) is 63.8 Å². The molecule has 156 valence electrons. The van der Waals surface area contributed by atoms with Gasteiger partial charge in [-0.1, -0.05) is 41.8 Å². The summed E-state index contributed by atoms with van der Waals surface area (Å²) in [6.07, 6.45) is 1.01. The van der Waals surface area contributed by atoms with Gasteiger partial charge in [-0.3, -0.25) is 9.36 Å². The van der Waals surface area contributed by atoms with E-state index in [9.17, 15) is 4.79 Å². The minimum Gasteiger partial charge on any atom is -0.452 e. The summed E-state index contributed by atoms with van der Waals surface area (Å²) in [5.41, 5.74) is 1.12. The minimum atomic E-state index is -0.536. The highest BCUT2D eigenvalue weighted by atomic mass is 35.5. The summed E-state index contributed by atoms with van der Waals surface area (Å²) in [5, 5.41) is 12.7. The highest BCUT2D eigenvalue weighted by Crippen LogP contribution is 2.25.